The number of hydrogen-bond acceptors (Lipinski definition) is 4. The first kappa shape index (κ1) is 26.7. The number of hydrogen-bond donors (Lipinski definition) is 1. The van der Waals surface area contributed by atoms with Gasteiger partial charge < -0.3 is 14.9 Å². The van der Waals surface area contributed by atoms with Gasteiger partial charge in [-0.1, -0.05) is 23.4 Å². The number of aryl methyl sites for hydroxylation is 1. The molecule has 1 amide bonds. The van der Waals surface area contributed by atoms with Crippen molar-refractivity contribution < 1.29 is 49.5 Å². The highest BCUT2D eigenvalue weighted by molar-refractivity contribution is 9.09. The van der Waals surface area contributed by atoms with Crippen molar-refractivity contribution in [3.8, 4) is 5.75 Å². The second-order valence-corrected chi connectivity index (χ2v) is 8.46. The van der Waals surface area contributed by atoms with E-state index in [4.69, 9.17) is 4.84 Å². The molecule has 5 nitrogen and oxygen atoms in total. The highest BCUT2D eigenvalue weighted by Gasteiger charge is 2.62. The minimum Gasteiger partial charge on any atom is -0.424 e. The lowest BCUT2D eigenvalue weighted by Crippen LogP contribution is -2.42. The molecular weight excluding hydrogens is 560 g/mol. The summed E-state index contributed by atoms with van der Waals surface area (Å²) in [7, 11) is 0. The Bertz CT molecular complexity index is 1140. The van der Waals surface area contributed by atoms with Gasteiger partial charge in [-0.25, -0.2) is 0 Å². The zero-order valence-corrected chi connectivity index (χ0v) is 19.1. The maximum Gasteiger partial charge on any atom is 0.459 e. The summed E-state index contributed by atoms with van der Waals surface area (Å²) in [6, 6.07) is 7.53. The summed E-state index contributed by atoms with van der Waals surface area (Å²) in [4.78, 5) is 16.9. The van der Waals surface area contributed by atoms with Gasteiger partial charge in [0.25, 0.3) is 11.5 Å². The van der Waals surface area contributed by atoms with Crippen LogP contribution in [-0.2, 0) is 10.4 Å². The Morgan fingerprint density at radius 2 is 1.80 bits per heavy atom. The van der Waals surface area contributed by atoms with E-state index >= 15 is 0 Å². The molecule has 0 spiro atoms. The monoisotopic (exact) mass is 574 g/mol. The fourth-order valence-corrected chi connectivity index (χ4v) is 3.56. The van der Waals surface area contributed by atoms with E-state index in [0.29, 0.717) is 0 Å². The van der Waals surface area contributed by atoms with E-state index in [1.54, 1.807) is 5.32 Å². The van der Waals surface area contributed by atoms with Crippen LogP contribution < -0.4 is 10.1 Å². The first-order chi connectivity index (χ1) is 16.0. The number of benzene rings is 2. The van der Waals surface area contributed by atoms with E-state index in [2.05, 4.69) is 9.89 Å². The van der Waals surface area contributed by atoms with Crippen LogP contribution in [0.15, 0.2) is 47.6 Å². The molecule has 190 valence electrons. The predicted octanol–water partition coefficient (Wildman–Crippen LogP) is 6.19. The van der Waals surface area contributed by atoms with Gasteiger partial charge in [0.2, 0.25) is 0 Å². The highest BCUT2D eigenvalue weighted by Crippen LogP contribution is 2.49. The van der Waals surface area contributed by atoms with E-state index in [-0.39, 0.29) is 22.4 Å². The minimum absolute atomic E-state index is 0.111. The summed E-state index contributed by atoms with van der Waals surface area (Å²) in [5, 5.41) is 1.43. The number of halogens is 9. The standard InChI is InChI=1S/C21H15BrF8N2O3/c1-11-7-12(5-6-15(11)17(33)31-10-19(23,24)25)16-9-18(35-32-16,20(26,27)28)13-3-2-4-14(8-13)34-21(22,29)30/h2-8H,9-10H2,1H3,(H,31,33). The van der Waals surface area contributed by atoms with Gasteiger partial charge in [-0.05, 0) is 42.3 Å². The predicted molar refractivity (Wildman–Crippen MR) is 110 cm³/mol. The van der Waals surface area contributed by atoms with Crippen LogP contribution >= 0.6 is 15.9 Å². The normalized spacial score (nSPS) is 18.6. The number of rotatable bonds is 6. The summed E-state index contributed by atoms with van der Waals surface area (Å²) < 4.78 is 110. The largest absolute Gasteiger partial charge is 0.459 e. The summed E-state index contributed by atoms with van der Waals surface area (Å²) in [6.07, 6.45) is -10.5. The number of oxime groups is 1. The van der Waals surface area contributed by atoms with Gasteiger partial charge in [-0.2, -0.15) is 35.1 Å². The van der Waals surface area contributed by atoms with Crippen molar-refractivity contribution in [2.75, 3.05) is 6.54 Å². The van der Waals surface area contributed by atoms with Crippen molar-refractivity contribution >= 4 is 27.5 Å². The molecule has 0 radical (unpaired) electrons. The third-order valence-corrected chi connectivity index (χ3v) is 5.14. The lowest BCUT2D eigenvalue weighted by Gasteiger charge is -2.29. The van der Waals surface area contributed by atoms with Crippen molar-refractivity contribution in [1.82, 2.24) is 5.32 Å². The average Bonchev–Trinajstić information content (AvgIpc) is 3.17. The molecule has 0 saturated heterocycles. The summed E-state index contributed by atoms with van der Waals surface area (Å²) in [6.45, 7) is -0.161. The fraction of sp³-hybridized carbons (Fsp3) is 0.333. The van der Waals surface area contributed by atoms with Gasteiger partial charge in [0.15, 0.2) is 0 Å². The van der Waals surface area contributed by atoms with E-state index < -0.39 is 53.2 Å². The Balaban J connectivity index is 1.88. The number of amides is 1. The van der Waals surface area contributed by atoms with Crippen LogP contribution in [0.3, 0.4) is 0 Å². The van der Waals surface area contributed by atoms with Gasteiger partial charge in [0.05, 0.1) is 5.71 Å². The number of carbonyl (C=O) groups excluding carboxylic acids is 1. The molecule has 0 saturated carbocycles. The topological polar surface area (TPSA) is 59.9 Å². The zero-order valence-electron chi connectivity index (χ0n) is 17.5. The second-order valence-electron chi connectivity index (χ2n) is 7.53. The molecule has 0 fully saturated rings. The summed E-state index contributed by atoms with van der Waals surface area (Å²) >= 11 is 1.94. The van der Waals surface area contributed by atoms with Crippen LogP contribution in [0.2, 0.25) is 0 Å². The number of alkyl halides is 9. The first-order valence-corrected chi connectivity index (χ1v) is 10.4. The van der Waals surface area contributed by atoms with Crippen LogP contribution in [0, 0.1) is 6.92 Å². The molecule has 1 heterocycles. The van der Waals surface area contributed by atoms with E-state index in [1.807, 2.05) is 15.9 Å². The molecule has 1 unspecified atom stereocenters. The van der Waals surface area contributed by atoms with Crippen LogP contribution in [0.4, 0.5) is 35.1 Å². The Kier molecular flexibility index (Phi) is 7.08. The minimum atomic E-state index is -5.03. The fourth-order valence-electron chi connectivity index (χ4n) is 3.38. The van der Waals surface area contributed by atoms with Crippen molar-refractivity contribution in [3.05, 3.63) is 64.7 Å². The molecule has 0 bridgehead atoms. The molecule has 1 N–H and O–H groups in total. The molecule has 1 aliphatic rings. The lowest BCUT2D eigenvalue weighted by atomic mass is 9.86. The number of carbonyl (C=O) groups is 1. The molecule has 0 aromatic heterocycles. The smallest absolute Gasteiger partial charge is 0.424 e. The van der Waals surface area contributed by atoms with Gasteiger partial charge in [-0.15, -0.1) is 0 Å². The van der Waals surface area contributed by atoms with Crippen LogP contribution in [0.25, 0.3) is 0 Å². The molecule has 1 aliphatic heterocycles. The molecule has 3 rings (SSSR count). The van der Waals surface area contributed by atoms with Crippen LogP contribution in [0.5, 0.6) is 5.75 Å². The maximum absolute atomic E-state index is 14.1. The molecule has 1 atom stereocenters. The van der Waals surface area contributed by atoms with Crippen molar-refractivity contribution in [2.24, 2.45) is 5.16 Å². The molecule has 14 heteroatoms. The highest BCUT2D eigenvalue weighted by atomic mass is 79.9. The van der Waals surface area contributed by atoms with Crippen LogP contribution in [-0.4, -0.2) is 35.5 Å². The van der Waals surface area contributed by atoms with Gasteiger partial charge >= 0.3 is 17.4 Å². The Morgan fingerprint density at radius 3 is 2.37 bits per heavy atom. The molecule has 0 aliphatic carbocycles. The van der Waals surface area contributed by atoms with Crippen molar-refractivity contribution in [3.63, 3.8) is 0 Å². The average molecular weight is 575 g/mol. The molecular formula is C21H15BrF8N2O3. The van der Waals surface area contributed by atoms with E-state index in [1.165, 1.54) is 19.1 Å². The Hall–Kier alpha value is -2.90. The third kappa shape index (κ3) is 6.21. The molecule has 2 aromatic rings. The van der Waals surface area contributed by atoms with Crippen molar-refractivity contribution in [1.29, 1.82) is 0 Å². The zero-order chi connectivity index (χ0) is 26.2. The molecule has 2 aromatic carbocycles. The van der Waals surface area contributed by atoms with E-state index in [9.17, 15) is 39.9 Å². The number of ether oxygens (including phenoxy) is 1. The number of nitrogens with zero attached hydrogens (tertiary/aromatic N) is 1. The maximum atomic E-state index is 14.1. The Morgan fingerprint density at radius 1 is 1.11 bits per heavy atom. The second kappa shape index (κ2) is 9.28. The number of nitrogens with one attached hydrogen (secondary N) is 1. The van der Waals surface area contributed by atoms with Crippen LogP contribution in [0.1, 0.15) is 33.5 Å². The summed E-state index contributed by atoms with van der Waals surface area (Å²) in [5.41, 5.74) is -3.53. The third-order valence-electron chi connectivity index (χ3n) is 4.97. The quantitative estimate of drug-likeness (QED) is 0.330. The Labute approximate surface area is 201 Å². The lowest BCUT2D eigenvalue weighted by molar-refractivity contribution is -0.275. The van der Waals surface area contributed by atoms with Gasteiger partial charge in [-0.3, -0.25) is 4.79 Å². The van der Waals surface area contributed by atoms with E-state index in [0.717, 1.165) is 30.3 Å². The van der Waals surface area contributed by atoms with Crippen molar-refractivity contribution in [2.45, 2.75) is 36.3 Å². The SMILES string of the molecule is Cc1cc(C2=NOC(c3cccc(OC(F)(F)Br)c3)(C(F)(F)F)C2)ccc1C(=O)NCC(F)(F)F. The first-order valence-electron chi connectivity index (χ1n) is 9.65. The molecule has 35 heavy (non-hydrogen) atoms. The van der Waals surface area contributed by atoms with Gasteiger partial charge in [0.1, 0.15) is 12.3 Å². The van der Waals surface area contributed by atoms with Gasteiger partial charge in [0, 0.05) is 33.5 Å². The summed E-state index contributed by atoms with van der Waals surface area (Å²) in [5.74, 6) is -1.57.